The second kappa shape index (κ2) is 7.33. The van der Waals surface area contributed by atoms with Crippen LogP contribution in [0.5, 0.6) is 0 Å². The van der Waals surface area contributed by atoms with Crippen LogP contribution in [-0.4, -0.2) is 25.7 Å². The fourth-order valence-corrected chi connectivity index (χ4v) is 3.45. The van der Waals surface area contributed by atoms with Crippen LogP contribution in [0.2, 0.25) is 0 Å². The molecule has 4 aromatic rings. The molecule has 0 saturated heterocycles. The zero-order valence-electron chi connectivity index (χ0n) is 16.2. The highest BCUT2D eigenvalue weighted by molar-refractivity contribution is 5.98. The average molecular weight is 413 g/mol. The van der Waals surface area contributed by atoms with E-state index in [0.717, 1.165) is 17.0 Å². The van der Waals surface area contributed by atoms with Crippen molar-refractivity contribution in [2.24, 2.45) is 7.05 Å². The lowest BCUT2D eigenvalue weighted by molar-refractivity contribution is -0.138. The fourth-order valence-electron chi connectivity index (χ4n) is 3.45. The van der Waals surface area contributed by atoms with Crippen molar-refractivity contribution in [1.82, 2.24) is 25.1 Å². The number of aromatic nitrogens is 4. The van der Waals surface area contributed by atoms with E-state index in [9.17, 15) is 18.0 Å². The topological polar surface area (TPSA) is 75.6 Å². The number of aryl methyl sites for hydroxylation is 1. The summed E-state index contributed by atoms with van der Waals surface area (Å²) in [6.07, 6.45) is -1.14. The third-order valence-electron chi connectivity index (χ3n) is 4.98. The first kappa shape index (κ1) is 19.7. The number of alkyl halides is 3. The third kappa shape index (κ3) is 3.54. The Bertz CT molecular complexity index is 1210. The minimum absolute atomic E-state index is 0.0116. The van der Waals surface area contributed by atoms with Gasteiger partial charge in [0.05, 0.1) is 23.5 Å². The van der Waals surface area contributed by atoms with E-state index in [0.29, 0.717) is 17.0 Å². The van der Waals surface area contributed by atoms with Gasteiger partial charge in [0, 0.05) is 24.2 Å². The number of carbonyl (C=O) groups excluding carboxylic acids is 1. The predicted molar refractivity (Wildman–Crippen MR) is 106 cm³/mol. The van der Waals surface area contributed by atoms with Gasteiger partial charge in [0.15, 0.2) is 0 Å². The molecule has 0 aliphatic rings. The Hall–Kier alpha value is -3.62. The van der Waals surface area contributed by atoms with Gasteiger partial charge >= 0.3 is 6.18 Å². The van der Waals surface area contributed by atoms with E-state index in [-0.39, 0.29) is 5.56 Å². The molecule has 3 aromatic heterocycles. The summed E-state index contributed by atoms with van der Waals surface area (Å²) in [5, 5.41) is 10.0. The maximum Gasteiger partial charge on any atom is 0.416 e. The number of H-pyrrole nitrogens is 1. The van der Waals surface area contributed by atoms with Gasteiger partial charge in [-0.1, -0.05) is 18.2 Å². The number of rotatable bonds is 4. The Labute approximate surface area is 169 Å². The molecule has 6 nitrogen and oxygen atoms in total. The van der Waals surface area contributed by atoms with E-state index in [1.807, 2.05) is 12.1 Å². The van der Waals surface area contributed by atoms with Gasteiger partial charge in [-0.3, -0.25) is 9.89 Å². The highest BCUT2D eigenvalue weighted by atomic mass is 19.4. The summed E-state index contributed by atoms with van der Waals surface area (Å²) < 4.78 is 41.5. The SMILES string of the molecule is C[C@@H](NC(=O)c1cc2ccc(-c3cn[nH]c3)nc2n1C)c1ccccc1C(F)(F)F. The van der Waals surface area contributed by atoms with Crippen molar-refractivity contribution in [2.45, 2.75) is 19.1 Å². The largest absolute Gasteiger partial charge is 0.416 e. The van der Waals surface area contributed by atoms with Crippen molar-refractivity contribution in [3.63, 3.8) is 0 Å². The molecule has 4 rings (SSSR count). The van der Waals surface area contributed by atoms with Crippen LogP contribution in [0.4, 0.5) is 13.2 Å². The normalized spacial score (nSPS) is 12.8. The van der Waals surface area contributed by atoms with Crippen LogP contribution < -0.4 is 5.32 Å². The number of hydrogen-bond donors (Lipinski definition) is 2. The van der Waals surface area contributed by atoms with Crippen LogP contribution >= 0.6 is 0 Å². The molecule has 1 atom stereocenters. The number of fused-ring (bicyclic) bond motifs is 1. The van der Waals surface area contributed by atoms with E-state index >= 15 is 0 Å². The molecule has 1 aromatic carbocycles. The van der Waals surface area contributed by atoms with E-state index in [4.69, 9.17) is 0 Å². The molecule has 0 fully saturated rings. The van der Waals surface area contributed by atoms with E-state index in [1.165, 1.54) is 25.1 Å². The Kier molecular flexibility index (Phi) is 4.81. The number of benzene rings is 1. The van der Waals surface area contributed by atoms with Crippen LogP contribution in [0.25, 0.3) is 22.3 Å². The molecule has 0 bridgehead atoms. The van der Waals surface area contributed by atoms with Gasteiger partial charge in [0.25, 0.3) is 5.91 Å². The summed E-state index contributed by atoms with van der Waals surface area (Å²) in [5.74, 6) is -0.482. The van der Waals surface area contributed by atoms with Crippen LogP contribution in [0, 0.1) is 0 Å². The Morgan fingerprint density at radius 1 is 1.20 bits per heavy atom. The van der Waals surface area contributed by atoms with Crippen LogP contribution in [-0.2, 0) is 13.2 Å². The highest BCUT2D eigenvalue weighted by Gasteiger charge is 2.34. The second-order valence-electron chi connectivity index (χ2n) is 6.97. The molecule has 30 heavy (non-hydrogen) atoms. The molecule has 0 aliphatic carbocycles. The zero-order chi connectivity index (χ0) is 21.5. The molecular weight excluding hydrogens is 395 g/mol. The maximum absolute atomic E-state index is 13.3. The molecule has 1 amide bonds. The minimum Gasteiger partial charge on any atom is -0.344 e. The predicted octanol–water partition coefficient (Wildman–Crippen LogP) is 4.47. The standard InChI is InChI=1S/C21H18F3N5O/c1-12(15-5-3-4-6-16(15)21(22,23)24)27-20(30)18-9-13-7-8-17(14-10-25-26-11-14)28-19(13)29(18)2/h3-12H,1-2H3,(H,25,26)(H,27,30)/t12-/m1/s1. The molecule has 0 saturated carbocycles. The molecule has 3 heterocycles. The minimum atomic E-state index is -4.50. The molecule has 0 radical (unpaired) electrons. The molecular formula is C21H18F3N5O. The molecule has 154 valence electrons. The third-order valence-corrected chi connectivity index (χ3v) is 4.98. The Morgan fingerprint density at radius 3 is 2.67 bits per heavy atom. The first-order valence-electron chi connectivity index (χ1n) is 9.18. The summed E-state index contributed by atoms with van der Waals surface area (Å²) in [4.78, 5) is 17.4. The van der Waals surface area contributed by atoms with E-state index < -0.39 is 23.7 Å². The quantitative estimate of drug-likeness (QED) is 0.518. The zero-order valence-corrected chi connectivity index (χ0v) is 16.2. The van der Waals surface area contributed by atoms with Gasteiger partial charge < -0.3 is 9.88 Å². The van der Waals surface area contributed by atoms with Crippen LogP contribution in [0.3, 0.4) is 0 Å². The number of halogens is 3. The highest BCUT2D eigenvalue weighted by Crippen LogP contribution is 2.34. The molecule has 0 aliphatic heterocycles. The van der Waals surface area contributed by atoms with Crippen molar-refractivity contribution in [3.05, 3.63) is 71.7 Å². The lowest BCUT2D eigenvalue weighted by Crippen LogP contribution is -2.29. The van der Waals surface area contributed by atoms with Gasteiger partial charge in [-0.2, -0.15) is 18.3 Å². The lowest BCUT2D eigenvalue weighted by atomic mass is 10.0. The van der Waals surface area contributed by atoms with Gasteiger partial charge in [0.1, 0.15) is 11.3 Å². The molecule has 0 unspecified atom stereocenters. The van der Waals surface area contributed by atoms with Crippen molar-refractivity contribution >= 4 is 16.9 Å². The maximum atomic E-state index is 13.3. The van der Waals surface area contributed by atoms with Crippen LogP contribution in [0.15, 0.2) is 54.9 Å². The van der Waals surface area contributed by atoms with Gasteiger partial charge in [0.2, 0.25) is 0 Å². The summed E-state index contributed by atoms with van der Waals surface area (Å²) in [6, 6.07) is 9.71. The van der Waals surface area contributed by atoms with E-state index in [2.05, 4.69) is 20.5 Å². The Morgan fingerprint density at radius 2 is 1.97 bits per heavy atom. The van der Waals surface area contributed by atoms with Crippen molar-refractivity contribution in [2.75, 3.05) is 0 Å². The number of carbonyl (C=O) groups is 1. The fraction of sp³-hybridized carbons (Fsp3) is 0.190. The van der Waals surface area contributed by atoms with Crippen molar-refractivity contribution < 1.29 is 18.0 Å². The first-order chi connectivity index (χ1) is 14.3. The van der Waals surface area contributed by atoms with Crippen molar-refractivity contribution in [1.29, 1.82) is 0 Å². The van der Waals surface area contributed by atoms with Gasteiger partial charge in [-0.15, -0.1) is 0 Å². The number of nitrogens with one attached hydrogen (secondary N) is 2. The molecule has 0 spiro atoms. The monoisotopic (exact) mass is 413 g/mol. The lowest BCUT2D eigenvalue weighted by Gasteiger charge is -2.19. The number of hydrogen-bond acceptors (Lipinski definition) is 3. The van der Waals surface area contributed by atoms with E-state index in [1.54, 1.807) is 30.1 Å². The Balaban J connectivity index is 1.63. The second-order valence-corrected chi connectivity index (χ2v) is 6.97. The summed E-state index contributed by atoms with van der Waals surface area (Å²) in [6.45, 7) is 1.53. The summed E-state index contributed by atoms with van der Waals surface area (Å²) in [5.41, 5.74) is 1.64. The smallest absolute Gasteiger partial charge is 0.344 e. The number of pyridine rings is 1. The van der Waals surface area contributed by atoms with Gasteiger partial charge in [-0.25, -0.2) is 4.98 Å². The number of nitrogens with zero attached hydrogens (tertiary/aromatic N) is 3. The number of aromatic amines is 1. The molecule has 9 heteroatoms. The van der Waals surface area contributed by atoms with Gasteiger partial charge in [-0.05, 0) is 36.8 Å². The average Bonchev–Trinajstić information content (AvgIpc) is 3.35. The first-order valence-corrected chi connectivity index (χ1v) is 9.18. The summed E-state index contributed by atoms with van der Waals surface area (Å²) >= 11 is 0. The molecule has 2 N–H and O–H groups in total. The summed E-state index contributed by atoms with van der Waals surface area (Å²) in [7, 11) is 1.69. The van der Waals surface area contributed by atoms with Crippen molar-refractivity contribution in [3.8, 4) is 11.3 Å². The van der Waals surface area contributed by atoms with Crippen LogP contribution in [0.1, 0.15) is 34.6 Å². The number of amides is 1.